The first-order chi connectivity index (χ1) is 15.8. The zero-order chi connectivity index (χ0) is 25.6. The molecule has 1 aliphatic rings. The van der Waals surface area contributed by atoms with Gasteiger partial charge in [0.15, 0.2) is 23.2 Å². The molecule has 0 aromatic heterocycles. The zero-order valence-corrected chi connectivity index (χ0v) is 19.1. The molecule has 1 aromatic carbocycles. The number of Topliss-reactive ketones (excluding diaryl/α,β-unsaturated/α-hetero) is 1. The molecule has 1 heterocycles. The number of aliphatic carboxylic acids is 1. The average molecular weight is 492 g/mol. The van der Waals surface area contributed by atoms with E-state index in [0.717, 1.165) is 12.8 Å². The van der Waals surface area contributed by atoms with Gasteiger partial charge < -0.3 is 19.9 Å². The largest absolute Gasteiger partial charge is 0.481 e. The van der Waals surface area contributed by atoms with Crippen molar-refractivity contribution in [2.24, 2.45) is 5.92 Å². The van der Waals surface area contributed by atoms with E-state index in [9.17, 15) is 31.9 Å². The number of benzene rings is 1. The van der Waals surface area contributed by atoms with Crippen molar-refractivity contribution in [1.82, 2.24) is 10.6 Å². The molecule has 3 atom stereocenters. The molecule has 12 heteroatoms. The maximum atomic E-state index is 13.8. The highest BCUT2D eigenvalue weighted by Crippen LogP contribution is 2.27. The van der Waals surface area contributed by atoms with Gasteiger partial charge in [-0.2, -0.15) is 8.78 Å². The molecule has 0 radical (unpaired) electrons. The van der Waals surface area contributed by atoms with Crippen LogP contribution in [0, 0.1) is 29.2 Å². The summed E-state index contributed by atoms with van der Waals surface area (Å²) in [5.74, 6) is -12.1. The summed E-state index contributed by atoms with van der Waals surface area (Å²) in [4.78, 5) is 36.7. The Kier molecular flexibility index (Phi) is 9.39. The number of carboxylic acid groups (broad SMARTS) is 1. The predicted molar refractivity (Wildman–Crippen MR) is 111 cm³/mol. The van der Waals surface area contributed by atoms with Crippen molar-refractivity contribution in [3.05, 3.63) is 29.3 Å². The minimum Gasteiger partial charge on any atom is -0.481 e. The Bertz CT molecular complexity index is 895. The topological polar surface area (TPSA) is 114 Å². The smallest absolute Gasteiger partial charge is 0.305 e. The molecule has 1 saturated heterocycles. The summed E-state index contributed by atoms with van der Waals surface area (Å²) >= 11 is 0. The van der Waals surface area contributed by atoms with Crippen LogP contribution in [-0.4, -0.2) is 53.8 Å². The molecular formula is C22H28F4N2O6. The van der Waals surface area contributed by atoms with Crippen molar-refractivity contribution in [2.75, 3.05) is 13.2 Å². The molecule has 190 valence electrons. The molecule has 8 nitrogen and oxygen atoms in total. The van der Waals surface area contributed by atoms with Gasteiger partial charge >= 0.3 is 5.97 Å². The van der Waals surface area contributed by atoms with E-state index in [-0.39, 0.29) is 12.0 Å². The van der Waals surface area contributed by atoms with Crippen molar-refractivity contribution < 1.29 is 46.5 Å². The lowest BCUT2D eigenvalue weighted by Gasteiger charge is -2.39. The van der Waals surface area contributed by atoms with Crippen LogP contribution in [0.25, 0.3) is 0 Å². The third kappa shape index (κ3) is 7.13. The number of ketones is 1. The third-order valence-electron chi connectivity index (χ3n) is 5.39. The van der Waals surface area contributed by atoms with E-state index in [4.69, 9.17) is 9.84 Å². The molecule has 1 fully saturated rings. The van der Waals surface area contributed by atoms with Crippen LogP contribution in [0.3, 0.4) is 0 Å². The summed E-state index contributed by atoms with van der Waals surface area (Å²) < 4.78 is 64.6. The fourth-order valence-electron chi connectivity index (χ4n) is 3.52. The molecule has 0 aliphatic carbocycles. The Morgan fingerprint density at radius 2 is 1.76 bits per heavy atom. The number of hydrogen-bond acceptors (Lipinski definition) is 6. The van der Waals surface area contributed by atoms with Gasteiger partial charge in [-0.3, -0.25) is 19.7 Å². The minimum absolute atomic E-state index is 0.0254. The molecule has 1 amide bonds. The van der Waals surface area contributed by atoms with Crippen molar-refractivity contribution >= 4 is 17.7 Å². The van der Waals surface area contributed by atoms with Crippen molar-refractivity contribution in [2.45, 2.75) is 64.3 Å². The minimum atomic E-state index is -1.85. The van der Waals surface area contributed by atoms with Crippen LogP contribution < -0.4 is 15.4 Å². The van der Waals surface area contributed by atoms with Crippen LogP contribution in [0.2, 0.25) is 0 Å². The summed E-state index contributed by atoms with van der Waals surface area (Å²) in [6.45, 7) is 4.62. The number of halogens is 4. The van der Waals surface area contributed by atoms with Crippen LogP contribution in [-0.2, 0) is 19.1 Å². The number of carboxylic acids is 1. The van der Waals surface area contributed by atoms with Crippen LogP contribution in [0.4, 0.5) is 17.6 Å². The van der Waals surface area contributed by atoms with Gasteiger partial charge in [0.1, 0.15) is 18.4 Å². The first-order valence-corrected chi connectivity index (χ1v) is 10.8. The number of amides is 1. The maximum Gasteiger partial charge on any atom is 0.305 e. The van der Waals surface area contributed by atoms with Crippen LogP contribution in [0.5, 0.6) is 5.75 Å². The van der Waals surface area contributed by atoms with Gasteiger partial charge in [0.25, 0.3) is 0 Å². The van der Waals surface area contributed by atoms with E-state index < -0.39 is 77.5 Å². The van der Waals surface area contributed by atoms with Crippen molar-refractivity contribution in [1.29, 1.82) is 0 Å². The van der Waals surface area contributed by atoms with Gasteiger partial charge in [-0.05, 0) is 32.1 Å². The third-order valence-corrected chi connectivity index (χ3v) is 5.39. The van der Waals surface area contributed by atoms with E-state index >= 15 is 0 Å². The molecule has 3 N–H and O–H groups in total. The van der Waals surface area contributed by atoms with E-state index in [1.165, 1.54) is 0 Å². The molecule has 1 aromatic rings. The van der Waals surface area contributed by atoms with Gasteiger partial charge in [-0.1, -0.05) is 13.8 Å². The molecule has 0 bridgehead atoms. The highest BCUT2D eigenvalue weighted by atomic mass is 19.2. The number of carbonyl (C=O) groups excluding carboxylic acids is 2. The van der Waals surface area contributed by atoms with Crippen LogP contribution in [0.15, 0.2) is 6.07 Å². The standard InChI is InChI=1S/C22H28F4N2O6/c1-11(2)19(28-22(3)6-4-5-7-34-22)21(32)27-14(9-16(30)31)15(29)10-33-20-17(25)12(23)8-13(24)18(20)26/h8,11,14,19,28H,4-7,9-10H2,1-3H3,(H,27,32)(H,30,31)/t14-,19-,22?/m0/s1. The van der Waals surface area contributed by atoms with Gasteiger partial charge in [0, 0.05) is 12.7 Å². The Balaban J connectivity index is 2.14. The normalized spacial score (nSPS) is 20.0. The van der Waals surface area contributed by atoms with E-state index in [0.29, 0.717) is 13.0 Å². The molecule has 2 rings (SSSR count). The second kappa shape index (κ2) is 11.6. The second-order valence-corrected chi connectivity index (χ2v) is 8.61. The van der Waals surface area contributed by atoms with E-state index in [2.05, 4.69) is 15.4 Å². The lowest BCUT2D eigenvalue weighted by Crippen LogP contribution is -2.60. The second-order valence-electron chi connectivity index (χ2n) is 8.61. The van der Waals surface area contributed by atoms with Gasteiger partial charge in [0.2, 0.25) is 17.5 Å². The molecular weight excluding hydrogens is 464 g/mol. The fraction of sp³-hybridized carbons (Fsp3) is 0.591. The van der Waals surface area contributed by atoms with Crippen LogP contribution >= 0.6 is 0 Å². The number of rotatable bonds is 11. The first kappa shape index (κ1) is 27.5. The van der Waals surface area contributed by atoms with Crippen molar-refractivity contribution in [3.8, 4) is 5.75 Å². The molecule has 1 aliphatic heterocycles. The monoisotopic (exact) mass is 492 g/mol. The Hall–Kier alpha value is -2.73. The number of ether oxygens (including phenoxy) is 2. The van der Waals surface area contributed by atoms with Gasteiger partial charge in [-0.15, -0.1) is 0 Å². The Morgan fingerprint density at radius 1 is 1.15 bits per heavy atom. The summed E-state index contributed by atoms with van der Waals surface area (Å²) in [6.07, 6.45) is 1.54. The predicted octanol–water partition coefficient (Wildman–Crippen LogP) is 2.68. The first-order valence-electron chi connectivity index (χ1n) is 10.8. The Labute approximate surface area is 194 Å². The van der Waals surface area contributed by atoms with Gasteiger partial charge in [-0.25, -0.2) is 8.78 Å². The van der Waals surface area contributed by atoms with Crippen molar-refractivity contribution in [3.63, 3.8) is 0 Å². The average Bonchev–Trinajstić information content (AvgIpc) is 2.75. The van der Waals surface area contributed by atoms with E-state index in [1.54, 1.807) is 20.8 Å². The number of hydrogen-bond donors (Lipinski definition) is 3. The molecule has 34 heavy (non-hydrogen) atoms. The highest BCUT2D eigenvalue weighted by molar-refractivity contribution is 5.94. The SMILES string of the molecule is CC(C)[C@H](NC1(C)CCCCO1)C(=O)N[C@@H](CC(=O)O)C(=O)COc1c(F)c(F)cc(F)c1F. The summed E-state index contributed by atoms with van der Waals surface area (Å²) in [5.41, 5.74) is -0.795. The maximum absolute atomic E-state index is 13.8. The lowest BCUT2D eigenvalue weighted by atomic mass is 9.97. The summed E-state index contributed by atoms with van der Waals surface area (Å²) in [6, 6.07) is -2.51. The quantitative estimate of drug-likeness (QED) is 0.322. The molecule has 1 unspecified atom stereocenters. The van der Waals surface area contributed by atoms with Crippen LogP contribution in [0.1, 0.15) is 46.5 Å². The van der Waals surface area contributed by atoms with E-state index in [1.807, 2.05) is 0 Å². The fourth-order valence-corrected chi connectivity index (χ4v) is 3.52. The molecule has 0 saturated carbocycles. The molecule has 0 spiro atoms. The summed E-state index contributed by atoms with van der Waals surface area (Å²) in [7, 11) is 0. The number of nitrogens with one attached hydrogen (secondary N) is 2. The summed E-state index contributed by atoms with van der Waals surface area (Å²) in [5, 5.41) is 14.6. The highest BCUT2D eigenvalue weighted by Gasteiger charge is 2.36. The zero-order valence-electron chi connectivity index (χ0n) is 19.1. The van der Waals surface area contributed by atoms with Gasteiger partial charge in [0.05, 0.1) is 12.5 Å². The lowest BCUT2D eigenvalue weighted by molar-refractivity contribution is -0.142. The number of carbonyl (C=O) groups is 3. The Morgan fingerprint density at radius 3 is 2.26 bits per heavy atom.